The summed E-state index contributed by atoms with van der Waals surface area (Å²) in [5, 5.41) is 8.92. The summed E-state index contributed by atoms with van der Waals surface area (Å²) in [5.74, 6) is 0.441. The highest BCUT2D eigenvalue weighted by Gasteiger charge is 2.23. The highest BCUT2D eigenvalue weighted by Crippen LogP contribution is 2.19. The summed E-state index contributed by atoms with van der Waals surface area (Å²) < 4.78 is 0. The van der Waals surface area contributed by atoms with Crippen LogP contribution in [-0.4, -0.2) is 33.4 Å². The van der Waals surface area contributed by atoms with Crippen molar-refractivity contribution in [2.24, 2.45) is 0 Å². The SMILES string of the molecule is CC(C)c1ncc(Cl)c(C(=O)N(CCC#N)C(C)C)n1. The summed E-state index contributed by atoms with van der Waals surface area (Å²) >= 11 is 6.04. The first-order valence-electron chi connectivity index (χ1n) is 6.58. The van der Waals surface area contributed by atoms with Gasteiger partial charge in [-0.1, -0.05) is 25.4 Å². The lowest BCUT2D eigenvalue weighted by molar-refractivity contribution is 0.0704. The number of halogens is 1. The van der Waals surface area contributed by atoms with E-state index in [-0.39, 0.29) is 35.0 Å². The third kappa shape index (κ3) is 3.91. The van der Waals surface area contributed by atoms with Crippen molar-refractivity contribution in [1.82, 2.24) is 14.9 Å². The second-order valence-electron chi connectivity index (χ2n) is 5.08. The van der Waals surface area contributed by atoms with Crippen LogP contribution in [-0.2, 0) is 0 Å². The first kappa shape index (κ1) is 16.4. The van der Waals surface area contributed by atoms with Gasteiger partial charge in [0, 0.05) is 18.5 Å². The van der Waals surface area contributed by atoms with E-state index in [9.17, 15) is 4.79 Å². The zero-order valence-corrected chi connectivity index (χ0v) is 13.0. The molecule has 0 bridgehead atoms. The molecular formula is C14H19ClN4O. The fraction of sp³-hybridized carbons (Fsp3) is 0.571. The van der Waals surface area contributed by atoms with Gasteiger partial charge in [0.1, 0.15) is 5.82 Å². The Morgan fingerprint density at radius 2 is 2.10 bits per heavy atom. The second-order valence-corrected chi connectivity index (χ2v) is 5.49. The average Bonchev–Trinajstić information content (AvgIpc) is 2.38. The molecule has 1 amide bonds. The van der Waals surface area contributed by atoms with Gasteiger partial charge in [-0.25, -0.2) is 9.97 Å². The van der Waals surface area contributed by atoms with Crippen LogP contribution in [0.3, 0.4) is 0 Å². The third-order valence-corrected chi connectivity index (χ3v) is 3.11. The molecule has 0 atom stereocenters. The summed E-state index contributed by atoms with van der Waals surface area (Å²) in [6, 6.07) is 2.02. The number of amides is 1. The molecule has 1 heterocycles. The van der Waals surface area contributed by atoms with Crippen LogP contribution in [0.4, 0.5) is 0 Å². The van der Waals surface area contributed by atoms with E-state index in [4.69, 9.17) is 16.9 Å². The Kier molecular flexibility index (Phi) is 5.90. The summed E-state index contributed by atoms with van der Waals surface area (Å²) in [6.07, 6.45) is 1.74. The van der Waals surface area contributed by atoms with Gasteiger partial charge in [0.15, 0.2) is 5.69 Å². The van der Waals surface area contributed by atoms with Crippen molar-refractivity contribution in [2.75, 3.05) is 6.54 Å². The van der Waals surface area contributed by atoms with Gasteiger partial charge in [-0.2, -0.15) is 5.26 Å². The highest BCUT2D eigenvalue weighted by atomic mass is 35.5. The van der Waals surface area contributed by atoms with Gasteiger partial charge in [-0.05, 0) is 13.8 Å². The van der Waals surface area contributed by atoms with Gasteiger partial charge in [0.2, 0.25) is 0 Å². The maximum absolute atomic E-state index is 12.5. The number of nitrogens with zero attached hydrogens (tertiary/aromatic N) is 4. The minimum atomic E-state index is -0.260. The van der Waals surface area contributed by atoms with E-state index in [1.165, 1.54) is 6.20 Å². The molecule has 1 rings (SSSR count). The largest absolute Gasteiger partial charge is 0.334 e. The lowest BCUT2D eigenvalue weighted by Crippen LogP contribution is -2.38. The van der Waals surface area contributed by atoms with E-state index >= 15 is 0 Å². The van der Waals surface area contributed by atoms with Crippen LogP contribution in [0.1, 0.15) is 56.3 Å². The monoisotopic (exact) mass is 294 g/mol. The molecule has 1 aromatic heterocycles. The molecule has 0 saturated carbocycles. The molecule has 1 aromatic rings. The lowest BCUT2D eigenvalue weighted by atomic mass is 10.2. The molecule has 0 aliphatic rings. The standard InChI is InChI=1S/C14H19ClN4O/c1-9(2)13-17-8-11(15)12(18-13)14(20)19(10(3)4)7-5-6-16/h8-10H,5,7H2,1-4H3. The lowest BCUT2D eigenvalue weighted by Gasteiger charge is -2.25. The molecule has 0 aromatic carbocycles. The summed E-state index contributed by atoms with van der Waals surface area (Å²) in [6.45, 7) is 8.06. The molecule has 108 valence electrons. The molecule has 0 unspecified atom stereocenters. The van der Waals surface area contributed by atoms with E-state index in [0.29, 0.717) is 12.4 Å². The predicted molar refractivity (Wildman–Crippen MR) is 77.5 cm³/mol. The number of aromatic nitrogens is 2. The Hall–Kier alpha value is -1.67. The van der Waals surface area contributed by atoms with Crippen LogP contribution < -0.4 is 0 Å². The fourth-order valence-corrected chi connectivity index (χ4v) is 1.88. The summed E-state index contributed by atoms with van der Waals surface area (Å²) in [5.41, 5.74) is 0.206. The summed E-state index contributed by atoms with van der Waals surface area (Å²) in [7, 11) is 0. The van der Waals surface area contributed by atoms with Gasteiger partial charge >= 0.3 is 0 Å². The van der Waals surface area contributed by atoms with Crippen LogP contribution in [0.2, 0.25) is 5.02 Å². The minimum absolute atomic E-state index is 0.0237. The average molecular weight is 295 g/mol. The van der Waals surface area contributed by atoms with E-state index < -0.39 is 0 Å². The first-order valence-corrected chi connectivity index (χ1v) is 6.96. The van der Waals surface area contributed by atoms with Crippen molar-refractivity contribution in [3.8, 4) is 6.07 Å². The van der Waals surface area contributed by atoms with Crippen molar-refractivity contribution in [3.63, 3.8) is 0 Å². The van der Waals surface area contributed by atoms with Crippen LogP contribution in [0.15, 0.2) is 6.20 Å². The highest BCUT2D eigenvalue weighted by molar-refractivity contribution is 6.33. The fourth-order valence-electron chi connectivity index (χ4n) is 1.71. The van der Waals surface area contributed by atoms with Crippen molar-refractivity contribution >= 4 is 17.5 Å². The van der Waals surface area contributed by atoms with Gasteiger partial charge in [0.05, 0.1) is 23.7 Å². The summed E-state index contributed by atoms with van der Waals surface area (Å²) in [4.78, 5) is 22.5. The van der Waals surface area contributed by atoms with Crippen LogP contribution >= 0.6 is 11.6 Å². The van der Waals surface area contributed by atoms with Crippen molar-refractivity contribution in [3.05, 3.63) is 22.7 Å². The topological polar surface area (TPSA) is 69.9 Å². The number of nitriles is 1. The molecule has 0 aliphatic carbocycles. The van der Waals surface area contributed by atoms with Gasteiger partial charge in [-0.15, -0.1) is 0 Å². The number of carbonyl (C=O) groups excluding carboxylic acids is 1. The van der Waals surface area contributed by atoms with E-state index in [1.807, 2.05) is 33.8 Å². The quantitative estimate of drug-likeness (QED) is 0.837. The second kappa shape index (κ2) is 7.20. The van der Waals surface area contributed by atoms with Gasteiger partial charge in [0.25, 0.3) is 5.91 Å². The zero-order chi connectivity index (χ0) is 15.3. The van der Waals surface area contributed by atoms with E-state index in [1.54, 1.807) is 4.90 Å². The molecule has 0 saturated heterocycles. The van der Waals surface area contributed by atoms with Gasteiger partial charge < -0.3 is 4.90 Å². The minimum Gasteiger partial charge on any atom is -0.334 e. The Labute approximate surface area is 124 Å². The molecular weight excluding hydrogens is 276 g/mol. The Balaban J connectivity index is 3.11. The van der Waals surface area contributed by atoms with Gasteiger partial charge in [-0.3, -0.25) is 4.79 Å². The van der Waals surface area contributed by atoms with Crippen molar-refractivity contribution in [1.29, 1.82) is 5.26 Å². The van der Waals surface area contributed by atoms with Crippen LogP contribution in [0.5, 0.6) is 0 Å². The molecule has 5 nitrogen and oxygen atoms in total. The molecule has 0 N–H and O–H groups in total. The molecule has 0 fully saturated rings. The Morgan fingerprint density at radius 3 is 2.60 bits per heavy atom. The third-order valence-electron chi connectivity index (χ3n) is 2.83. The molecule has 20 heavy (non-hydrogen) atoms. The van der Waals surface area contributed by atoms with E-state index in [0.717, 1.165) is 0 Å². The number of hydrogen-bond donors (Lipinski definition) is 0. The molecule has 0 aliphatic heterocycles. The number of hydrogen-bond acceptors (Lipinski definition) is 4. The van der Waals surface area contributed by atoms with Crippen LogP contribution in [0.25, 0.3) is 0 Å². The van der Waals surface area contributed by atoms with Crippen LogP contribution in [0, 0.1) is 11.3 Å². The maximum atomic E-state index is 12.5. The van der Waals surface area contributed by atoms with E-state index in [2.05, 4.69) is 9.97 Å². The molecule has 0 spiro atoms. The maximum Gasteiger partial charge on any atom is 0.274 e. The Bertz CT molecular complexity index is 522. The predicted octanol–water partition coefficient (Wildman–Crippen LogP) is 3.02. The molecule has 0 radical (unpaired) electrons. The number of carbonyl (C=O) groups is 1. The normalized spacial score (nSPS) is 10.7. The van der Waals surface area contributed by atoms with Crippen molar-refractivity contribution in [2.45, 2.75) is 46.1 Å². The first-order chi connectivity index (χ1) is 9.38. The van der Waals surface area contributed by atoms with Crippen molar-refractivity contribution < 1.29 is 4.79 Å². The Morgan fingerprint density at radius 1 is 1.45 bits per heavy atom. The smallest absolute Gasteiger partial charge is 0.274 e. The molecule has 6 heteroatoms. The zero-order valence-electron chi connectivity index (χ0n) is 12.2. The number of rotatable bonds is 5.